The van der Waals surface area contributed by atoms with Gasteiger partial charge in [0.1, 0.15) is 0 Å². The molecule has 0 unspecified atom stereocenters. The fourth-order valence-corrected chi connectivity index (χ4v) is 1.47. The van der Waals surface area contributed by atoms with Crippen LogP contribution < -0.4 is 5.73 Å². The molecule has 0 aliphatic rings. The van der Waals surface area contributed by atoms with Crippen molar-refractivity contribution in [2.24, 2.45) is 0 Å². The first-order valence-corrected chi connectivity index (χ1v) is 5.46. The number of nitrogens with two attached hydrogens (primary N) is 1. The summed E-state index contributed by atoms with van der Waals surface area (Å²) in [6, 6.07) is 6.94. The van der Waals surface area contributed by atoms with Crippen molar-refractivity contribution in [3.63, 3.8) is 0 Å². The van der Waals surface area contributed by atoms with E-state index < -0.39 is 5.97 Å². The standard InChI is InChI=1S/C13H13N3O2/c1-9-4-2-5-10(12(9)14)13(17)18-8-11-15-6-3-7-16-11/h2-7H,8,14H2,1H3. The first kappa shape index (κ1) is 12.0. The summed E-state index contributed by atoms with van der Waals surface area (Å²) >= 11 is 0. The summed E-state index contributed by atoms with van der Waals surface area (Å²) in [5.41, 5.74) is 7.48. The molecule has 1 aromatic carbocycles. The Bertz CT molecular complexity index is 555. The van der Waals surface area contributed by atoms with Crippen molar-refractivity contribution < 1.29 is 9.53 Å². The molecule has 0 atom stereocenters. The number of ether oxygens (including phenoxy) is 1. The van der Waals surface area contributed by atoms with Crippen LogP contribution >= 0.6 is 0 Å². The maximum Gasteiger partial charge on any atom is 0.340 e. The predicted octanol–water partition coefficient (Wildman–Crippen LogP) is 1.72. The molecule has 1 heterocycles. The third-order valence-electron chi connectivity index (χ3n) is 2.50. The third-order valence-corrected chi connectivity index (χ3v) is 2.50. The van der Waals surface area contributed by atoms with E-state index in [0.717, 1.165) is 5.56 Å². The van der Waals surface area contributed by atoms with Gasteiger partial charge >= 0.3 is 5.97 Å². The van der Waals surface area contributed by atoms with E-state index in [4.69, 9.17) is 10.5 Å². The van der Waals surface area contributed by atoms with E-state index in [-0.39, 0.29) is 6.61 Å². The second-order valence-electron chi connectivity index (χ2n) is 3.78. The van der Waals surface area contributed by atoms with E-state index >= 15 is 0 Å². The Hall–Kier alpha value is -2.43. The molecule has 0 aliphatic carbocycles. The number of hydrogen-bond donors (Lipinski definition) is 1. The molecule has 0 aliphatic heterocycles. The summed E-state index contributed by atoms with van der Waals surface area (Å²) in [5.74, 6) is -0.0132. The molecule has 0 spiro atoms. The van der Waals surface area contributed by atoms with E-state index in [0.29, 0.717) is 17.1 Å². The van der Waals surface area contributed by atoms with Gasteiger partial charge in [0.2, 0.25) is 0 Å². The molecular formula is C13H13N3O2. The lowest BCUT2D eigenvalue weighted by Crippen LogP contribution is -2.10. The van der Waals surface area contributed by atoms with Crippen molar-refractivity contribution >= 4 is 11.7 Å². The Labute approximate surface area is 105 Å². The van der Waals surface area contributed by atoms with Crippen LogP contribution in [-0.4, -0.2) is 15.9 Å². The molecule has 0 saturated heterocycles. The molecule has 2 rings (SSSR count). The zero-order valence-corrected chi connectivity index (χ0v) is 9.96. The molecule has 5 heteroatoms. The van der Waals surface area contributed by atoms with Gasteiger partial charge in [-0.05, 0) is 24.6 Å². The van der Waals surface area contributed by atoms with Crippen LogP contribution in [0.5, 0.6) is 0 Å². The van der Waals surface area contributed by atoms with E-state index in [1.165, 1.54) is 0 Å². The highest BCUT2D eigenvalue weighted by Gasteiger charge is 2.12. The third kappa shape index (κ3) is 2.63. The molecule has 18 heavy (non-hydrogen) atoms. The molecule has 2 N–H and O–H groups in total. The van der Waals surface area contributed by atoms with Crippen LogP contribution in [0.1, 0.15) is 21.7 Å². The second kappa shape index (κ2) is 5.27. The number of rotatable bonds is 3. The zero-order valence-electron chi connectivity index (χ0n) is 9.96. The average Bonchev–Trinajstić information content (AvgIpc) is 2.40. The summed E-state index contributed by atoms with van der Waals surface area (Å²) in [7, 11) is 0. The lowest BCUT2D eigenvalue weighted by atomic mass is 10.1. The Morgan fingerprint density at radius 3 is 2.72 bits per heavy atom. The van der Waals surface area contributed by atoms with Crippen LogP contribution in [-0.2, 0) is 11.3 Å². The molecule has 0 saturated carbocycles. The molecule has 0 amide bonds. The number of anilines is 1. The van der Waals surface area contributed by atoms with E-state index in [9.17, 15) is 4.79 Å². The molecule has 0 fully saturated rings. The van der Waals surface area contributed by atoms with E-state index in [1.807, 2.05) is 13.0 Å². The number of para-hydroxylation sites is 1. The van der Waals surface area contributed by atoms with Gasteiger partial charge < -0.3 is 10.5 Å². The molecule has 0 radical (unpaired) electrons. The maximum absolute atomic E-state index is 11.8. The lowest BCUT2D eigenvalue weighted by molar-refractivity contribution is 0.0463. The minimum atomic E-state index is -0.469. The number of nitrogen functional groups attached to an aromatic ring is 1. The van der Waals surface area contributed by atoms with Gasteiger partial charge in [0.15, 0.2) is 12.4 Å². The van der Waals surface area contributed by atoms with Gasteiger partial charge in [0.05, 0.1) is 5.56 Å². The number of benzene rings is 1. The predicted molar refractivity (Wildman–Crippen MR) is 66.7 cm³/mol. The quantitative estimate of drug-likeness (QED) is 0.656. The van der Waals surface area contributed by atoms with Gasteiger partial charge in [-0.15, -0.1) is 0 Å². The number of aromatic nitrogens is 2. The van der Waals surface area contributed by atoms with Crippen LogP contribution in [0.15, 0.2) is 36.7 Å². The summed E-state index contributed by atoms with van der Waals surface area (Å²) < 4.78 is 5.11. The summed E-state index contributed by atoms with van der Waals surface area (Å²) in [6.07, 6.45) is 3.19. The first-order valence-electron chi connectivity index (χ1n) is 5.46. The van der Waals surface area contributed by atoms with Crippen molar-refractivity contribution in [3.8, 4) is 0 Å². The normalized spacial score (nSPS) is 10.1. The van der Waals surface area contributed by atoms with E-state index in [2.05, 4.69) is 9.97 Å². The Morgan fingerprint density at radius 1 is 1.28 bits per heavy atom. The highest BCUT2D eigenvalue weighted by Crippen LogP contribution is 2.17. The Kier molecular flexibility index (Phi) is 3.52. The highest BCUT2D eigenvalue weighted by molar-refractivity contribution is 5.95. The number of aryl methyl sites for hydroxylation is 1. The molecular weight excluding hydrogens is 230 g/mol. The molecule has 5 nitrogen and oxygen atoms in total. The topological polar surface area (TPSA) is 78.1 Å². The second-order valence-corrected chi connectivity index (χ2v) is 3.78. The summed E-state index contributed by atoms with van der Waals surface area (Å²) in [6.45, 7) is 1.87. The maximum atomic E-state index is 11.8. The van der Waals surface area contributed by atoms with Gasteiger partial charge in [-0.1, -0.05) is 12.1 Å². The average molecular weight is 243 g/mol. The van der Waals surface area contributed by atoms with Crippen LogP contribution in [0.2, 0.25) is 0 Å². The van der Waals surface area contributed by atoms with Crippen LogP contribution in [0, 0.1) is 6.92 Å². The largest absolute Gasteiger partial charge is 0.454 e. The van der Waals surface area contributed by atoms with Gasteiger partial charge in [0, 0.05) is 18.1 Å². The van der Waals surface area contributed by atoms with Crippen LogP contribution in [0.25, 0.3) is 0 Å². The number of carbonyl (C=O) groups is 1. The number of carbonyl (C=O) groups excluding carboxylic acids is 1. The monoisotopic (exact) mass is 243 g/mol. The fraction of sp³-hybridized carbons (Fsp3) is 0.154. The lowest BCUT2D eigenvalue weighted by Gasteiger charge is -2.07. The van der Waals surface area contributed by atoms with Gasteiger partial charge in [-0.2, -0.15) is 0 Å². The van der Waals surface area contributed by atoms with Crippen molar-refractivity contribution in [3.05, 3.63) is 53.6 Å². The van der Waals surface area contributed by atoms with Gasteiger partial charge in [-0.3, -0.25) is 0 Å². The van der Waals surface area contributed by atoms with Gasteiger partial charge in [-0.25, -0.2) is 14.8 Å². The Morgan fingerprint density at radius 2 is 2.00 bits per heavy atom. The van der Waals surface area contributed by atoms with Crippen molar-refractivity contribution in [1.82, 2.24) is 9.97 Å². The van der Waals surface area contributed by atoms with Crippen LogP contribution in [0.4, 0.5) is 5.69 Å². The minimum Gasteiger partial charge on any atom is -0.454 e. The molecule has 92 valence electrons. The Balaban J connectivity index is 2.07. The SMILES string of the molecule is Cc1cccc(C(=O)OCc2ncccn2)c1N. The summed E-state index contributed by atoms with van der Waals surface area (Å²) in [5, 5.41) is 0. The zero-order chi connectivity index (χ0) is 13.0. The molecule has 2 aromatic rings. The van der Waals surface area contributed by atoms with Crippen LogP contribution in [0.3, 0.4) is 0 Å². The van der Waals surface area contributed by atoms with Crippen molar-refractivity contribution in [2.45, 2.75) is 13.5 Å². The molecule has 1 aromatic heterocycles. The summed E-state index contributed by atoms with van der Waals surface area (Å²) in [4.78, 5) is 19.8. The number of nitrogens with zero attached hydrogens (tertiary/aromatic N) is 2. The molecule has 0 bridgehead atoms. The fourth-order valence-electron chi connectivity index (χ4n) is 1.47. The van der Waals surface area contributed by atoms with E-state index in [1.54, 1.807) is 30.6 Å². The van der Waals surface area contributed by atoms with Gasteiger partial charge in [0.25, 0.3) is 0 Å². The highest BCUT2D eigenvalue weighted by atomic mass is 16.5. The smallest absolute Gasteiger partial charge is 0.340 e. The number of esters is 1. The van der Waals surface area contributed by atoms with Crippen molar-refractivity contribution in [1.29, 1.82) is 0 Å². The number of hydrogen-bond acceptors (Lipinski definition) is 5. The minimum absolute atomic E-state index is 0.0348. The van der Waals surface area contributed by atoms with Crippen molar-refractivity contribution in [2.75, 3.05) is 5.73 Å². The first-order chi connectivity index (χ1) is 8.68.